The maximum Gasteiger partial charge on any atom is 0.166 e. The summed E-state index contributed by atoms with van der Waals surface area (Å²) in [6.45, 7) is -0.446. The zero-order valence-corrected chi connectivity index (χ0v) is 5.85. The fourth-order valence-corrected chi connectivity index (χ4v) is 0.726. The number of aromatic nitrogens is 2. The Morgan fingerprint density at radius 2 is 2.33 bits per heavy atom. The molecule has 1 heterocycles. The second-order valence-corrected chi connectivity index (χ2v) is 2.14. The van der Waals surface area contributed by atoms with E-state index in [1.807, 2.05) is 0 Å². The van der Waals surface area contributed by atoms with Crippen LogP contribution in [0.1, 0.15) is 0 Å². The first-order valence-electron chi connectivity index (χ1n) is 2.20. The van der Waals surface area contributed by atoms with Gasteiger partial charge in [-0.2, -0.15) is 0 Å². The minimum atomic E-state index is -0.446. The van der Waals surface area contributed by atoms with Gasteiger partial charge in [0.1, 0.15) is 5.15 Å². The fraction of sp³-hybridized carbons (Fsp3) is 0.250. The van der Waals surface area contributed by atoms with Gasteiger partial charge in [0.05, 0.1) is 6.33 Å². The maximum absolute atomic E-state index is 10.1. The molecule has 5 heteroatoms. The summed E-state index contributed by atoms with van der Waals surface area (Å²) in [5, 5.41) is 10.5. The average molecular weight is 166 g/mol. The molecule has 0 saturated heterocycles. The molecule has 0 aromatic carbocycles. The van der Waals surface area contributed by atoms with Crippen LogP contribution in [0, 0.1) is 0 Å². The van der Waals surface area contributed by atoms with E-state index >= 15 is 0 Å². The smallest absolute Gasteiger partial charge is 0.166 e. The van der Waals surface area contributed by atoms with Crippen molar-refractivity contribution < 1.29 is 5.11 Å². The van der Waals surface area contributed by atoms with Crippen LogP contribution in [0.3, 0.4) is 0 Å². The topological polar surface area (TPSA) is 37.7 Å². The van der Waals surface area contributed by atoms with Crippen molar-refractivity contribution in [1.29, 1.82) is 0 Å². The zero-order chi connectivity index (χ0) is 6.85. The van der Waals surface area contributed by atoms with Gasteiger partial charge in [0.15, 0.2) is 11.9 Å². The third kappa shape index (κ3) is 1.18. The van der Waals surface area contributed by atoms with Gasteiger partial charge in [-0.1, -0.05) is 23.2 Å². The van der Waals surface area contributed by atoms with E-state index in [1.165, 1.54) is 10.9 Å². The Bertz CT molecular complexity index is 210. The molecule has 0 atom stereocenters. The highest BCUT2D eigenvalue weighted by atomic mass is 35.5. The molecule has 1 aromatic heterocycles. The van der Waals surface area contributed by atoms with Crippen LogP contribution in [-0.2, 0) is 11.8 Å². The molecule has 3 nitrogen and oxygen atoms in total. The molecule has 0 aliphatic carbocycles. The molecule has 9 heavy (non-hydrogen) atoms. The maximum atomic E-state index is 10.1. The SMILES string of the molecule is [O]Cn1cnc(Cl)c1Cl. The third-order valence-corrected chi connectivity index (χ3v) is 1.64. The Labute approximate surface area is 61.8 Å². The summed E-state index contributed by atoms with van der Waals surface area (Å²) in [6, 6.07) is 0. The van der Waals surface area contributed by atoms with E-state index in [0.29, 0.717) is 0 Å². The molecule has 0 aliphatic heterocycles. The number of halogens is 2. The van der Waals surface area contributed by atoms with E-state index in [4.69, 9.17) is 23.2 Å². The van der Waals surface area contributed by atoms with E-state index in [9.17, 15) is 5.11 Å². The van der Waals surface area contributed by atoms with Crippen molar-refractivity contribution in [2.45, 2.75) is 6.73 Å². The molecule has 0 amide bonds. The van der Waals surface area contributed by atoms with E-state index in [2.05, 4.69) is 4.98 Å². The molecule has 0 unspecified atom stereocenters. The molecule has 1 aromatic rings. The molecular formula is C4H3Cl2N2O. The molecule has 1 rings (SSSR count). The van der Waals surface area contributed by atoms with Crippen LogP contribution in [0.2, 0.25) is 10.3 Å². The van der Waals surface area contributed by atoms with Crippen LogP contribution < -0.4 is 0 Å². The summed E-state index contributed by atoms with van der Waals surface area (Å²) >= 11 is 10.9. The molecule has 49 valence electrons. The quantitative estimate of drug-likeness (QED) is 0.623. The van der Waals surface area contributed by atoms with Gasteiger partial charge in [-0.15, -0.1) is 0 Å². The number of hydrogen-bond acceptors (Lipinski definition) is 1. The van der Waals surface area contributed by atoms with Crippen molar-refractivity contribution in [3.63, 3.8) is 0 Å². The van der Waals surface area contributed by atoms with Crippen molar-refractivity contribution in [2.24, 2.45) is 0 Å². The van der Waals surface area contributed by atoms with Gasteiger partial charge in [-0.3, -0.25) is 4.57 Å². The highest BCUT2D eigenvalue weighted by molar-refractivity contribution is 6.40. The largest absolute Gasteiger partial charge is 0.293 e. The van der Waals surface area contributed by atoms with Crippen LogP contribution in [0.5, 0.6) is 0 Å². The minimum Gasteiger partial charge on any atom is -0.293 e. The predicted molar refractivity (Wildman–Crippen MR) is 32.9 cm³/mol. The van der Waals surface area contributed by atoms with Crippen molar-refractivity contribution in [2.75, 3.05) is 0 Å². The van der Waals surface area contributed by atoms with Gasteiger partial charge in [0.25, 0.3) is 0 Å². The molecule has 0 N–H and O–H groups in total. The lowest BCUT2D eigenvalue weighted by molar-refractivity contribution is 0.119. The van der Waals surface area contributed by atoms with Gasteiger partial charge >= 0.3 is 0 Å². The second-order valence-electron chi connectivity index (χ2n) is 1.43. The zero-order valence-electron chi connectivity index (χ0n) is 4.34. The summed E-state index contributed by atoms with van der Waals surface area (Å²) in [6.07, 6.45) is 1.30. The molecule has 1 radical (unpaired) electrons. The molecule has 0 fully saturated rings. The van der Waals surface area contributed by atoms with E-state index in [-0.39, 0.29) is 10.3 Å². The van der Waals surface area contributed by atoms with Crippen LogP contribution >= 0.6 is 23.2 Å². The molecule has 0 spiro atoms. The van der Waals surface area contributed by atoms with Gasteiger partial charge in [0.2, 0.25) is 0 Å². The van der Waals surface area contributed by atoms with E-state index in [0.717, 1.165) is 0 Å². The number of nitrogens with zero attached hydrogens (tertiary/aromatic N) is 2. The standard InChI is InChI=1S/C4H3Cl2N2O/c5-3-4(6)8(2-9)1-7-3/h1H,2H2. The van der Waals surface area contributed by atoms with Gasteiger partial charge in [-0.05, 0) is 0 Å². The molecule has 0 saturated carbocycles. The summed E-state index contributed by atoms with van der Waals surface area (Å²) < 4.78 is 1.21. The fourth-order valence-electron chi connectivity index (χ4n) is 0.433. The Kier molecular flexibility index (Phi) is 1.95. The average Bonchev–Trinajstić information content (AvgIpc) is 2.15. The van der Waals surface area contributed by atoms with Crippen molar-refractivity contribution in [3.8, 4) is 0 Å². The van der Waals surface area contributed by atoms with Gasteiger partial charge in [0, 0.05) is 0 Å². The van der Waals surface area contributed by atoms with E-state index < -0.39 is 6.73 Å². The van der Waals surface area contributed by atoms with Crippen LogP contribution in [-0.4, -0.2) is 9.55 Å². The lowest BCUT2D eigenvalue weighted by atomic mass is 10.9. The number of rotatable bonds is 1. The van der Waals surface area contributed by atoms with Crippen LogP contribution in [0.15, 0.2) is 6.33 Å². The summed E-state index contributed by atoms with van der Waals surface area (Å²) in [5.41, 5.74) is 0. The van der Waals surface area contributed by atoms with E-state index in [1.54, 1.807) is 0 Å². The van der Waals surface area contributed by atoms with Crippen molar-refractivity contribution in [3.05, 3.63) is 16.6 Å². The number of imidazole rings is 1. The third-order valence-electron chi connectivity index (χ3n) is 0.872. The molecular weight excluding hydrogens is 163 g/mol. The van der Waals surface area contributed by atoms with Crippen LogP contribution in [0.25, 0.3) is 0 Å². The highest BCUT2D eigenvalue weighted by Crippen LogP contribution is 2.18. The van der Waals surface area contributed by atoms with Crippen molar-refractivity contribution >= 4 is 23.2 Å². The van der Waals surface area contributed by atoms with Crippen molar-refractivity contribution in [1.82, 2.24) is 9.55 Å². The van der Waals surface area contributed by atoms with Gasteiger partial charge in [-0.25, -0.2) is 10.1 Å². The first-order chi connectivity index (χ1) is 4.25. The second kappa shape index (κ2) is 2.56. The van der Waals surface area contributed by atoms with Crippen LogP contribution in [0.4, 0.5) is 0 Å². The number of hydrogen-bond donors (Lipinski definition) is 0. The normalized spacial score (nSPS) is 10.1. The Morgan fingerprint density at radius 3 is 2.56 bits per heavy atom. The summed E-state index contributed by atoms with van der Waals surface area (Å²) in [7, 11) is 0. The lowest BCUT2D eigenvalue weighted by Gasteiger charge is -1.91. The first kappa shape index (κ1) is 6.86. The molecule has 0 aliphatic rings. The Balaban J connectivity index is 3.04. The highest BCUT2D eigenvalue weighted by Gasteiger charge is 2.03. The Morgan fingerprint density at radius 1 is 1.67 bits per heavy atom. The summed E-state index contributed by atoms with van der Waals surface area (Å²) in [5.74, 6) is 0. The lowest BCUT2D eigenvalue weighted by Crippen LogP contribution is -1.91. The summed E-state index contributed by atoms with van der Waals surface area (Å²) in [4.78, 5) is 3.58. The minimum absolute atomic E-state index is 0.174. The first-order valence-corrected chi connectivity index (χ1v) is 2.95. The Hall–Kier alpha value is -0.250. The van der Waals surface area contributed by atoms with Gasteiger partial charge < -0.3 is 0 Å². The predicted octanol–water partition coefficient (Wildman–Crippen LogP) is 1.58. The molecule has 0 bridgehead atoms. The monoisotopic (exact) mass is 165 g/mol.